The lowest BCUT2D eigenvalue weighted by atomic mass is 9.83. The van der Waals surface area contributed by atoms with Crippen LogP contribution in [0.4, 0.5) is 4.79 Å². The Balaban J connectivity index is 1.84. The molecule has 1 aliphatic heterocycles. The number of hydrogen-bond donors (Lipinski definition) is 1. The second-order valence-electron chi connectivity index (χ2n) is 10.8. The van der Waals surface area contributed by atoms with E-state index in [1.807, 2.05) is 60.7 Å². The molecule has 0 atom stereocenters. The minimum atomic E-state index is -2.13. The van der Waals surface area contributed by atoms with Crippen molar-refractivity contribution in [2.75, 3.05) is 13.1 Å². The van der Waals surface area contributed by atoms with Crippen LogP contribution < -0.4 is 0 Å². The molecule has 0 radical (unpaired) electrons. The molecule has 35 heavy (non-hydrogen) atoms. The van der Waals surface area contributed by atoms with Crippen molar-refractivity contribution in [1.29, 1.82) is 0 Å². The van der Waals surface area contributed by atoms with E-state index in [1.54, 1.807) is 4.90 Å². The lowest BCUT2D eigenvalue weighted by Gasteiger charge is -2.36. The molecule has 1 amide bonds. The Hall–Kier alpha value is -2.81. The fourth-order valence-electron chi connectivity index (χ4n) is 4.10. The van der Waals surface area contributed by atoms with E-state index in [0.717, 1.165) is 17.6 Å². The molecule has 0 bridgehead atoms. The van der Waals surface area contributed by atoms with Crippen molar-refractivity contribution >= 4 is 14.3 Å². The van der Waals surface area contributed by atoms with E-state index in [2.05, 4.69) is 44.1 Å². The first-order valence-corrected chi connectivity index (χ1v) is 15.2. The third-order valence-electron chi connectivity index (χ3n) is 7.33. The normalized spacial score (nSPS) is 15.0. The highest BCUT2D eigenvalue weighted by atomic mass is 28.4. The Morgan fingerprint density at radius 1 is 0.943 bits per heavy atom. The zero-order valence-corrected chi connectivity index (χ0v) is 22.4. The van der Waals surface area contributed by atoms with Gasteiger partial charge in [-0.25, -0.2) is 4.79 Å². The summed E-state index contributed by atoms with van der Waals surface area (Å²) in [5, 5.41) is 21.6. The third-order valence-corrected chi connectivity index (χ3v) is 11.8. The number of amides is 1. The number of hydrogen-bond acceptors (Lipinski definition) is 5. The number of likely N-dealkylation sites (tertiary alicyclic amines) is 1. The van der Waals surface area contributed by atoms with E-state index >= 15 is 0 Å². The van der Waals surface area contributed by atoms with Crippen molar-refractivity contribution in [2.24, 2.45) is 0 Å². The topological polar surface area (TPSA) is 80.5 Å². The number of carbonyl (C=O) groups is 1. The van der Waals surface area contributed by atoms with Crippen molar-refractivity contribution in [2.45, 2.75) is 64.0 Å². The van der Waals surface area contributed by atoms with Crippen LogP contribution in [0.3, 0.4) is 0 Å². The average molecular weight is 493 g/mol. The molecule has 7 nitrogen and oxygen atoms in total. The summed E-state index contributed by atoms with van der Waals surface area (Å²) in [5.74, 6) is 0. The van der Waals surface area contributed by atoms with E-state index in [4.69, 9.17) is 4.43 Å². The van der Waals surface area contributed by atoms with Crippen molar-refractivity contribution in [3.63, 3.8) is 0 Å². The van der Waals surface area contributed by atoms with Gasteiger partial charge in [0.25, 0.3) is 0 Å². The summed E-state index contributed by atoms with van der Waals surface area (Å²) in [6.45, 7) is 12.4. The summed E-state index contributed by atoms with van der Waals surface area (Å²) in [5.41, 5.74) is 0.498. The summed E-state index contributed by atoms with van der Waals surface area (Å²) in [7, 11) is -2.13. The highest BCUT2D eigenvalue weighted by molar-refractivity contribution is 6.74. The molecule has 0 spiro atoms. The van der Waals surface area contributed by atoms with Gasteiger partial charge in [0, 0.05) is 13.1 Å². The third kappa shape index (κ3) is 4.96. The second-order valence-corrected chi connectivity index (χ2v) is 15.6. The Morgan fingerprint density at radius 3 is 1.94 bits per heavy atom. The number of nitrogens with zero attached hydrogens (tertiary/aromatic N) is 4. The molecule has 8 heteroatoms. The molecular formula is C27H36N4O3Si. The summed E-state index contributed by atoms with van der Waals surface area (Å²) < 4.78 is 6.49. The minimum absolute atomic E-state index is 0.00366. The lowest BCUT2D eigenvalue weighted by Crippen LogP contribution is -2.41. The van der Waals surface area contributed by atoms with Crippen LogP contribution >= 0.6 is 0 Å². The van der Waals surface area contributed by atoms with Gasteiger partial charge in [-0.3, -0.25) is 0 Å². The fourth-order valence-corrected chi connectivity index (χ4v) is 5.03. The lowest BCUT2D eigenvalue weighted by molar-refractivity contribution is 0.117. The maximum Gasteiger partial charge on any atom is 0.362 e. The molecular weight excluding hydrogens is 456 g/mol. The molecule has 186 valence electrons. The molecule has 4 rings (SSSR count). The summed E-state index contributed by atoms with van der Waals surface area (Å²) >= 11 is 0. The number of carbonyl (C=O) groups excluding carboxylic acids is 1. The molecule has 1 saturated heterocycles. The van der Waals surface area contributed by atoms with E-state index in [1.165, 1.54) is 0 Å². The molecule has 1 aliphatic rings. The zero-order chi connectivity index (χ0) is 25.3. The van der Waals surface area contributed by atoms with Gasteiger partial charge >= 0.3 is 6.03 Å². The van der Waals surface area contributed by atoms with Gasteiger partial charge in [0.15, 0.2) is 13.9 Å². The zero-order valence-electron chi connectivity index (χ0n) is 21.4. The van der Waals surface area contributed by atoms with Gasteiger partial charge in [-0.1, -0.05) is 86.2 Å². The SMILES string of the molecule is CC(C)(C)[Si](C)(C)OCc1nn(C(=O)N2CCCC2)nc1C(O)(c1ccccc1)c1ccccc1. The quantitative estimate of drug-likeness (QED) is 0.482. The Labute approximate surface area is 208 Å². The Kier molecular flexibility index (Phi) is 6.99. The first-order valence-electron chi connectivity index (χ1n) is 12.3. The number of benzene rings is 2. The van der Waals surface area contributed by atoms with Crippen LogP contribution in [0.5, 0.6) is 0 Å². The van der Waals surface area contributed by atoms with Crippen LogP contribution in [0, 0.1) is 0 Å². The Morgan fingerprint density at radius 2 is 1.46 bits per heavy atom. The van der Waals surface area contributed by atoms with Gasteiger partial charge in [-0.05, 0) is 42.1 Å². The van der Waals surface area contributed by atoms with E-state index < -0.39 is 13.9 Å². The smallest absolute Gasteiger partial charge is 0.362 e. The molecule has 0 unspecified atom stereocenters. The molecule has 1 fully saturated rings. The van der Waals surface area contributed by atoms with E-state index in [9.17, 15) is 9.90 Å². The van der Waals surface area contributed by atoms with Gasteiger partial charge in [0.05, 0.1) is 6.61 Å². The molecule has 1 aromatic heterocycles. The first kappa shape index (κ1) is 25.3. The molecule has 2 heterocycles. The maximum absolute atomic E-state index is 13.2. The number of aromatic nitrogens is 3. The number of aliphatic hydroxyl groups is 1. The van der Waals surface area contributed by atoms with Gasteiger partial charge in [0.1, 0.15) is 11.4 Å². The maximum atomic E-state index is 13.2. The molecule has 0 aliphatic carbocycles. The van der Waals surface area contributed by atoms with Crippen LogP contribution in [0.2, 0.25) is 18.1 Å². The first-order chi connectivity index (χ1) is 16.5. The van der Waals surface area contributed by atoms with Crippen molar-refractivity contribution < 1.29 is 14.3 Å². The van der Waals surface area contributed by atoms with Crippen LogP contribution in [-0.4, -0.2) is 52.4 Å². The highest BCUT2D eigenvalue weighted by Crippen LogP contribution is 2.40. The van der Waals surface area contributed by atoms with Gasteiger partial charge < -0.3 is 14.4 Å². The summed E-state index contributed by atoms with van der Waals surface area (Å²) in [6, 6.07) is 18.5. The van der Waals surface area contributed by atoms with E-state index in [-0.39, 0.29) is 17.7 Å². The van der Waals surface area contributed by atoms with Crippen molar-refractivity contribution in [3.05, 3.63) is 83.2 Å². The molecule has 3 aromatic rings. The van der Waals surface area contributed by atoms with Crippen molar-refractivity contribution in [1.82, 2.24) is 19.9 Å². The minimum Gasteiger partial charge on any atom is -0.411 e. The van der Waals surface area contributed by atoms with Crippen LogP contribution in [0.25, 0.3) is 0 Å². The highest BCUT2D eigenvalue weighted by Gasteiger charge is 2.42. The largest absolute Gasteiger partial charge is 0.411 e. The van der Waals surface area contributed by atoms with Crippen LogP contribution in [-0.2, 0) is 16.6 Å². The standard InChI is InChI=1S/C27H36N4O3Si/c1-26(2,3)35(4,5)34-20-23-24(29-31(28-23)25(32)30-18-12-13-19-30)27(33,21-14-8-6-9-15-21)22-16-10-7-11-17-22/h6-11,14-17,33H,12-13,18-20H2,1-5H3. The molecule has 0 saturated carbocycles. The van der Waals surface area contributed by atoms with Crippen LogP contribution in [0.15, 0.2) is 60.7 Å². The summed E-state index contributed by atoms with van der Waals surface area (Å²) in [6.07, 6.45) is 1.94. The van der Waals surface area contributed by atoms with Crippen LogP contribution in [0.1, 0.15) is 56.1 Å². The second kappa shape index (κ2) is 9.68. The molecule has 1 N–H and O–H groups in total. The predicted octanol–water partition coefficient (Wildman–Crippen LogP) is 5.15. The fraction of sp³-hybridized carbons (Fsp3) is 0.444. The molecule has 2 aromatic carbocycles. The van der Waals surface area contributed by atoms with Gasteiger partial charge in [-0.15, -0.1) is 10.2 Å². The van der Waals surface area contributed by atoms with E-state index in [0.29, 0.717) is 35.6 Å². The predicted molar refractivity (Wildman–Crippen MR) is 139 cm³/mol. The van der Waals surface area contributed by atoms with Gasteiger partial charge in [0.2, 0.25) is 0 Å². The van der Waals surface area contributed by atoms with Crippen molar-refractivity contribution in [3.8, 4) is 0 Å². The average Bonchev–Trinajstić information content (AvgIpc) is 3.53. The number of rotatable bonds is 6. The summed E-state index contributed by atoms with van der Waals surface area (Å²) in [4.78, 5) is 16.1. The Bertz CT molecular complexity index is 1110. The monoisotopic (exact) mass is 492 g/mol. The van der Waals surface area contributed by atoms with Gasteiger partial charge in [-0.2, -0.15) is 0 Å².